The molecule has 0 aliphatic carbocycles. The number of nitrogens with zero attached hydrogens (tertiary/aromatic N) is 3. The minimum Gasteiger partial charge on any atom is -0.313 e. The van der Waals surface area contributed by atoms with E-state index in [1.165, 1.54) is 12.1 Å². The van der Waals surface area contributed by atoms with E-state index < -0.39 is 21.4 Å². The summed E-state index contributed by atoms with van der Waals surface area (Å²) in [5, 5.41) is 9.44. The molecule has 7 nitrogen and oxygen atoms in total. The Kier molecular flexibility index (Phi) is 7.54. The molecule has 1 aromatic heterocycles. The average molecular weight is 527 g/mol. The van der Waals surface area contributed by atoms with Gasteiger partial charge in [0.05, 0.1) is 24.4 Å². The van der Waals surface area contributed by atoms with Gasteiger partial charge in [-0.15, -0.1) is 11.3 Å². The number of halogens is 3. The van der Waals surface area contributed by atoms with E-state index in [2.05, 4.69) is 4.98 Å². The number of amides is 1. The predicted octanol–water partition coefficient (Wildman–Crippen LogP) is 4.96. The average Bonchev–Trinajstić information content (AvgIpc) is 3.12. The summed E-state index contributed by atoms with van der Waals surface area (Å²) in [5.74, 6) is -0.865. The van der Waals surface area contributed by atoms with Crippen LogP contribution >= 0.6 is 23.1 Å². The van der Waals surface area contributed by atoms with Gasteiger partial charge in [-0.1, -0.05) is 12.1 Å². The third kappa shape index (κ3) is 6.96. The molecule has 1 N–H and O–H groups in total. The lowest BCUT2D eigenvalue weighted by Crippen LogP contribution is -2.30. The number of hydrogen-bond donors (Lipinski definition) is 1. The normalized spacial score (nSPS) is 11.6. The van der Waals surface area contributed by atoms with Crippen molar-refractivity contribution in [1.29, 1.82) is 5.26 Å². The zero-order valence-corrected chi connectivity index (χ0v) is 20.2. The van der Waals surface area contributed by atoms with Crippen LogP contribution in [0.5, 0.6) is 0 Å². The monoisotopic (exact) mass is 526 g/mol. The van der Waals surface area contributed by atoms with E-state index in [9.17, 15) is 26.4 Å². The number of sulfonamides is 1. The molecule has 0 bridgehead atoms. The van der Waals surface area contributed by atoms with E-state index in [1.54, 1.807) is 48.2 Å². The number of hydrogen-bond acceptors (Lipinski definition) is 8. The molecule has 0 saturated heterocycles. The number of thioether (sulfide) groups is 1. The highest BCUT2D eigenvalue weighted by molar-refractivity contribution is 8.00. The molecule has 0 fully saturated rings. The number of rotatable bonds is 7. The standard InChI is InChI=1S/C21H17F3N4O3S3/c1-13-18(19(29)27-34(2,30)31)26-20(32-13)28(16-7-3-14(11-25)4-8-16)12-15-5-9-17(10-6-15)33-21(22,23)24/h3-10H,12H2,1-2H3,(H,27,29). The van der Waals surface area contributed by atoms with Crippen molar-refractivity contribution in [1.82, 2.24) is 9.71 Å². The Morgan fingerprint density at radius 2 is 1.79 bits per heavy atom. The first-order valence-electron chi connectivity index (χ1n) is 9.46. The number of nitriles is 1. The van der Waals surface area contributed by atoms with Gasteiger partial charge in [-0.25, -0.2) is 18.1 Å². The molecule has 3 rings (SSSR count). The van der Waals surface area contributed by atoms with Crippen LogP contribution < -0.4 is 9.62 Å². The van der Waals surface area contributed by atoms with Crippen molar-refractivity contribution in [2.24, 2.45) is 0 Å². The first-order chi connectivity index (χ1) is 15.8. The van der Waals surface area contributed by atoms with Crippen molar-refractivity contribution >= 4 is 49.8 Å². The fourth-order valence-corrected chi connectivity index (χ4v) is 4.79. The van der Waals surface area contributed by atoms with E-state index in [0.29, 0.717) is 26.8 Å². The molecule has 178 valence electrons. The number of benzene rings is 2. The Bertz CT molecular complexity index is 1330. The van der Waals surface area contributed by atoms with Crippen LogP contribution in [0.25, 0.3) is 0 Å². The molecular weight excluding hydrogens is 509 g/mol. The van der Waals surface area contributed by atoms with Crippen molar-refractivity contribution in [2.45, 2.75) is 23.9 Å². The number of anilines is 2. The molecule has 13 heteroatoms. The number of aryl methyl sites for hydroxylation is 1. The molecule has 0 atom stereocenters. The van der Waals surface area contributed by atoms with Crippen LogP contribution in [0.3, 0.4) is 0 Å². The quantitative estimate of drug-likeness (QED) is 0.434. The second kappa shape index (κ2) is 10.0. The van der Waals surface area contributed by atoms with E-state index >= 15 is 0 Å². The van der Waals surface area contributed by atoms with Crippen molar-refractivity contribution < 1.29 is 26.4 Å². The van der Waals surface area contributed by atoms with Gasteiger partial charge in [-0.05, 0) is 60.6 Å². The van der Waals surface area contributed by atoms with Gasteiger partial charge in [0.2, 0.25) is 10.0 Å². The molecule has 0 unspecified atom stereocenters. The summed E-state index contributed by atoms with van der Waals surface area (Å²) in [6.45, 7) is 1.82. The first-order valence-corrected chi connectivity index (χ1v) is 13.0. The Morgan fingerprint density at radius 3 is 2.32 bits per heavy atom. The summed E-state index contributed by atoms with van der Waals surface area (Å²) in [4.78, 5) is 18.9. The lowest BCUT2D eigenvalue weighted by Gasteiger charge is -2.22. The summed E-state index contributed by atoms with van der Waals surface area (Å²) in [6, 6.07) is 14.4. The number of carbonyl (C=O) groups is 1. The molecule has 34 heavy (non-hydrogen) atoms. The van der Waals surface area contributed by atoms with Crippen molar-refractivity contribution in [3.63, 3.8) is 0 Å². The first kappa shape index (κ1) is 25.5. The van der Waals surface area contributed by atoms with Crippen LogP contribution in [0.4, 0.5) is 24.0 Å². The molecule has 1 amide bonds. The van der Waals surface area contributed by atoms with Crippen LogP contribution in [-0.4, -0.2) is 31.1 Å². The van der Waals surface area contributed by atoms with Gasteiger partial charge in [0.25, 0.3) is 5.91 Å². The maximum atomic E-state index is 12.6. The molecule has 0 spiro atoms. The number of thiazole rings is 1. The topological polar surface area (TPSA) is 103 Å². The molecule has 3 aromatic rings. The van der Waals surface area contributed by atoms with Crippen molar-refractivity contribution in [3.05, 3.63) is 70.2 Å². The number of nitrogens with one attached hydrogen (secondary N) is 1. The maximum absolute atomic E-state index is 12.6. The Hall–Kier alpha value is -3.08. The fourth-order valence-electron chi connectivity index (χ4n) is 2.89. The van der Waals surface area contributed by atoms with E-state index in [0.717, 1.165) is 17.6 Å². The highest BCUT2D eigenvalue weighted by Gasteiger charge is 2.29. The summed E-state index contributed by atoms with van der Waals surface area (Å²) in [7, 11) is -3.79. The zero-order chi connectivity index (χ0) is 25.1. The van der Waals surface area contributed by atoms with E-state index in [4.69, 9.17) is 5.26 Å². The molecule has 0 saturated carbocycles. The van der Waals surface area contributed by atoms with Gasteiger partial charge >= 0.3 is 5.51 Å². The third-order valence-corrected chi connectivity index (χ3v) is 6.60. The second-order valence-electron chi connectivity index (χ2n) is 7.04. The smallest absolute Gasteiger partial charge is 0.313 e. The highest BCUT2D eigenvalue weighted by Crippen LogP contribution is 2.37. The maximum Gasteiger partial charge on any atom is 0.446 e. The van der Waals surface area contributed by atoms with Gasteiger partial charge in [-0.3, -0.25) is 4.79 Å². The molecule has 1 heterocycles. The predicted molar refractivity (Wildman–Crippen MR) is 125 cm³/mol. The SMILES string of the molecule is Cc1sc(N(Cc2ccc(SC(F)(F)F)cc2)c2ccc(C#N)cc2)nc1C(=O)NS(C)(=O)=O. The Labute approximate surface area is 202 Å². The van der Waals surface area contributed by atoms with Gasteiger partial charge in [0.1, 0.15) is 5.69 Å². The molecule has 2 aromatic carbocycles. The third-order valence-electron chi connectivity index (χ3n) is 4.32. The summed E-state index contributed by atoms with van der Waals surface area (Å²) >= 11 is 0.943. The Balaban J connectivity index is 1.96. The minimum absolute atomic E-state index is 0.0472. The number of carbonyl (C=O) groups excluding carboxylic acids is 1. The van der Waals surface area contributed by atoms with Gasteiger partial charge < -0.3 is 4.90 Å². The van der Waals surface area contributed by atoms with Crippen molar-refractivity contribution in [2.75, 3.05) is 11.2 Å². The number of aromatic nitrogens is 1. The lowest BCUT2D eigenvalue weighted by molar-refractivity contribution is -0.0328. The molecular formula is C21H17F3N4O3S3. The fraction of sp³-hybridized carbons (Fsp3) is 0.190. The van der Waals surface area contributed by atoms with Gasteiger partial charge in [-0.2, -0.15) is 18.4 Å². The van der Waals surface area contributed by atoms with E-state index in [1.807, 2.05) is 10.8 Å². The number of alkyl halides is 3. The highest BCUT2D eigenvalue weighted by atomic mass is 32.2. The largest absolute Gasteiger partial charge is 0.446 e. The van der Waals surface area contributed by atoms with Gasteiger partial charge in [0, 0.05) is 15.5 Å². The van der Waals surface area contributed by atoms with Crippen LogP contribution in [0.1, 0.15) is 26.5 Å². The van der Waals surface area contributed by atoms with Crippen LogP contribution in [-0.2, 0) is 16.6 Å². The van der Waals surface area contributed by atoms with Crippen LogP contribution in [0, 0.1) is 18.3 Å². The summed E-state index contributed by atoms with van der Waals surface area (Å²) < 4.78 is 62.6. The molecule has 0 aliphatic heterocycles. The summed E-state index contributed by atoms with van der Waals surface area (Å²) in [6.07, 6.45) is 0.858. The van der Waals surface area contributed by atoms with E-state index in [-0.39, 0.29) is 28.9 Å². The Morgan fingerprint density at radius 1 is 1.18 bits per heavy atom. The zero-order valence-electron chi connectivity index (χ0n) is 17.8. The summed E-state index contributed by atoms with van der Waals surface area (Å²) in [5.41, 5.74) is -2.72. The molecule has 0 radical (unpaired) electrons. The van der Waals surface area contributed by atoms with Crippen LogP contribution in [0.2, 0.25) is 0 Å². The van der Waals surface area contributed by atoms with Crippen molar-refractivity contribution in [3.8, 4) is 6.07 Å². The second-order valence-corrected chi connectivity index (χ2v) is 11.1. The minimum atomic E-state index is -4.39. The lowest BCUT2D eigenvalue weighted by atomic mass is 10.2. The van der Waals surface area contributed by atoms with Crippen LogP contribution in [0.15, 0.2) is 53.4 Å². The molecule has 0 aliphatic rings. The van der Waals surface area contributed by atoms with Gasteiger partial charge in [0.15, 0.2) is 5.13 Å².